The number of thiazole rings is 1. The second-order valence-corrected chi connectivity index (χ2v) is 8.66. The average molecular weight is 452 g/mol. The van der Waals surface area contributed by atoms with Gasteiger partial charge in [-0.2, -0.15) is 0 Å². The van der Waals surface area contributed by atoms with Gasteiger partial charge in [0, 0.05) is 41.3 Å². The number of nitrogens with one attached hydrogen (secondary N) is 2. The SMILES string of the molecule is Cc1occc1C(=O)Nc1nc(CC(=O)Nc2ccc3c(ccn3CCN(C)C)c2)cs1. The van der Waals surface area contributed by atoms with Gasteiger partial charge >= 0.3 is 0 Å². The first-order chi connectivity index (χ1) is 15.4. The molecule has 0 saturated heterocycles. The summed E-state index contributed by atoms with van der Waals surface area (Å²) in [6.45, 7) is 3.59. The maximum atomic E-state index is 12.5. The van der Waals surface area contributed by atoms with E-state index in [-0.39, 0.29) is 18.2 Å². The molecule has 0 atom stereocenters. The highest BCUT2D eigenvalue weighted by atomic mass is 32.1. The topological polar surface area (TPSA) is 92.4 Å². The molecule has 0 bridgehead atoms. The number of benzene rings is 1. The maximum absolute atomic E-state index is 12.5. The Morgan fingerprint density at radius 3 is 2.78 bits per heavy atom. The van der Waals surface area contributed by atoms with Crippen LogP contribution in [0.25, 0.3) is 10.9 Å². The van der Waals surface area contributed by atoms with Crippen molar-refractivity contribution >= 4 is 44.9 Å². The fourth-order valence-electron chi connectivity index (χ4n) is 3.38. The standard InChI is InChI=1S/C23H25N5O3S/c1-15-19(7-11-31-15)22(30)26-23-25-18(14-32-23)13-21(29)24-17-4-5-20-16(12-17)6-8-28(20)10-9-27(2)3/h4-8,11-12,14H,9-10,13H2,1-3H3,(H,24,29)(H,25,26,30). The summed E-state index contributed by atoms with van der Waals surface area (Å²) in [5.41, 5.74) is 2.94. The second kappa shape index (κ2) is 9.37. The number of hydrogen-bond donors (Lipinski definition) is 2. The summed E-state index contributed by atoms with van der Waals surface area (Å²) in [6.07, 6.45) is 3.66. The van der Waals surface area contributed by atoms with E-state index < -0.39 is 0 Å². The van der Waals surface area contributed by atoms with Crippen LogP contribution in [0, 0.1) is 6.92 Å². The molecule has 1 aromatic carbocycles. The molecule has 2 N–H and O–H groups in total. The first-order valence-corrected chi connectivity index (χ1v) is 11.1. The van der Waals surface area contributed by atoms with E-state index in [4.69, 9.17) is 4.42 Å². The van der Waals surface area contributed by atoms with Crippen LogP contribution < -0.4 is 10.6 Å². The summed E-state index contributed by atoms with van der Waals surface area (Å²) in [7, 11) is 4.11. The van der Waals surface area contributed by atoms with Gasteiger partial charge in [-0.15, -0.1) is 11.3 Å². The van der Waals surface area contributed by atoms with Gasteiger partial charge in [0.25, 0.3) is 5.91 Å². The number of aromatic nitrogens is 2. The number of furan rings is 1. The number of rotatable bonds is 8. The van der Waals surface area contributed by atoms with E-state index in [1.807, 2.05) is 18.2 Å². The first-order valence-electron chi connectivity index (χ1n) is 10.2. The smallest absolute Gasteiger partial charge is 0.260 e. The molecule has 0 aliphatic heterocycles. The Bertz CT molecular complexity index is 1250. The van der Waals surface area contributed by atoms with Crippen LogP contribution in [-0.4, -0.2) is 46.9 Å². The molecule has 0 fully saturated rings. The molecule has 4 rings (SSSR count). The van der Waals surface area contributed by atoms with Crippen LogP contribution in [0.2, 0.25) is 0 Å². The van der Waals surface area contributed by atoms with Crippen LogP contribution in [0.15, 0.2) is 52.6 Å². The fourth-order valence-corrected chi connectivity index (χ4v) is 4.09. The minimum atomic E-state index is -0.285. The van der Waals surface area contributed by atoms with Crippen LogP contribution in [-0.2, 0) is 17.8 Å². The van der Waals surface area contributed by atoms with Crippen LogP contribution in [0.5, 0.6) is 0 Å². The number of aryl methyl sites for hydroxylation is 1. The maximum Gasteiger partial charge on any atom is 0.260 e. The highest BCUT2D eigenvalue weighted by Crippen LogP contribution is 2.22. The molecule has 4 aromatic rings. The predicted octanol–water partition coefficient (Wildman–Crippen LogP) is 3.99. The Balaban J connectivity index is 1.35. The number of amides is 2. The van der Waals surface area contributed by atoms with Gasteiger partial charge in [-0.1, -0.05) is 0 Å². The highest BCUT2D eigenvalue weighted by Gasteiger charge is 2.14. The Morgan fingerprint density at radius 2 is 2.03 bits per heavy atom. The van der Waals surface area contributed by atoms with Gasteiger partial charge in [-0.3, -0.25) is 14.9 Å². The largest absolute Gasteiger partial charge is 0.469 e. The van der Waals surface area contributed by atoms with Gasteiger partial charge in [-0.25, -0.2) is 4.98 Å². The zero-order chi connectivity index (χ0) is 22.7. The number of likely N-dealkylation sites (N-methyl/N-ethyl adjacent to an activating group) is 1. The van der Waals surface area contributed by atoms with Crippen molar-refractivity contribution in [2.75, 3.05) is 31.3 Å². The van der Waals surface area contributed by atoms with Gasteiger partial charge < -0.3 is 19.2 Å². The molecule has 0 saturated carbocycles. The lowest BCUT2D eigenvalue weighted by Crippen LogP contribution is -2.18. The van der Waals surface area contributed by atoms with E-state index in [1.165, 1.54) is 17.6 Å². The molecule has 32 heavy (non-hydrogen) atoms. The lowest BCUT2D eigenvalue weighted by Gasteiger charge is -2.11. The van der Waals surface area contributed by atoms with Gasteiger partial charge in [-0.05, 0) is 51.4 Å². The van der Waals surface area contributed by atoms with Crippen LogP contribution >= 0.6 is 11.3 Å². The zero-order valence-electron chi connectivity index (χ0n) is 18.2. The van der Waals surface area contributed by atoms with E-state index in [9.17, 15) is 9.59 Å². The predicted molar refractivity (Wildman–Crippen MR) is 126 cm³/mol. The molecule has 9 heteroatoms. The minimum Gasteiger partial charge on any atom is -0.469 e. The molecule has 0 radical (unpaired) electrons. The van der Waals surface area contributed by atoms with Crippen LogP contribution in [0.1, 0.15) is 21.8 Å². The van der Waals surface area contributed by atoms with Gasteiger partial charge in [0.1, 0.15) is 5.76 Å². The summed E-state index contributed by atoms with van der Waals surface area (Å²) in [6, 6.07) is 9.57. The third kappa shape index (κ3) is 5.06. The van der Waals surface area contributed by atoms with E-state index >= 15 is 0 Å². The molecule has 0 spiro atoms. The molecule has 3 aromatic heterocycles. The number of hydrogen-bond acceptors (Lipinski definition) is 6. The van der Waals surface area contributed by atoms with Crippen molar-refractivity contribution in [2.24, 2.45) is 0 Å². The molecule has 0 unspecified atom stereocenters. The number of carbonyl (C=O) groups excluding carboxylic acids is 2. The second-order valence-electron chi connectivity index (χ2n) is 7.80. The van der Waals surface area contributed by atoms with Crippen molar-refractivity contribution in [1.82, 2.24) is 14.5 Å². The Morgan fingerprint density at radius 1 is 1.19 bits per heavy atom. The van der Waals surface area contributed by atoms with Crippen molar-refractivity contribution in [3.8, 4) is 0 Å². The average Bonchev–Trinajstić information content (AvgIpc) is 3.46. The summed E-state index contributed by atoms with van der Waals surface area (Å²) < 4.78 is 7.36. The van der Waals surface area contributed by atoms with E-state index in [0.717, 1.165) is 29.7 Å². The Labute approximate surface area is 189 Å². The summed E-state index contributed by atoms with van der Waals surface area (Å²) >= 11 is 1.28. The van der Waals surface area contributed by atoms with Crippen molar-refractivity contribution < 1.29 is 14.0 Å². The first kappa shape index (κ1) is 21.8. The molecule has 8 nitrogen and oxygen atoms in total. The molecule has 3 heterocycles. The molecular weight excluding hydrogens is 426 g/mol. The van der Waals surface area contributed by atoms with Crippen LogP contribution in [0.3, 0.4) is 0 Å². The van der Waals surface area contributed by atoms with Crippen molar-refractivity contribution in [1.29, 1.82) is 0 Å². The van der Waals surface area contributed by atoms with Crippen LogP contribution in [0.4, 0.5) is 10.8 Å². The quantitative estimate of drug-likeness (QED) is 0.423. The van der Waals surface area contributed by atoms with Crippen molar-refractivity contribution in [3.63, 3.8) is 0 Å². The van der Waals surface area contributed by atoms with Gasteiger partial charge in [0.2, 0.25) is 5.91 Å². The summed E-state index contributed by atoms with van der Waals surface area (Å²) in [5.74, 6) is 0.0985. The normalized spacial score (nSPS) is 11.2. The van der Waals surface area contributed by atoms with Crippen molar-refractivity contribution in [3.05, 3.63) is 65.2 Å². The minimum absolute atomic E-state index is 0.124. The third-order valence-corrected chi connectivity index (χ3v) is 5.87. The van der Waals surface area contributed by atoms with Crippen molar-refractivity contribution in [2.45, 2.75) is 19.9 Å². The molecule has 0 aliphatic rings. The number of fused-ring (bicyclic) bond motifs is 1. The highest BCUT2D eigenvalue weighted by molar-refractivity contribution is 7.14. The van der Waals surface area contributed by atoms with E-state index in [2.05, 4.69) is 51.4 Å². The third-order valence-electron chi connectivity index (χ3n) is 5.06. The fraction of sp³-hybridized carbons (Fsp3) is 0.261. The van der Waals surface area contributed by atoms with Gasteiger partial charge in [0.05, 0.1) is 23.9 Å². The monoisotopic (exact) mass is 451 g/mol. The van der Waals surface area contributed by atoms with E-state index in [1.54, 1.807) is 18.4 Å². The number of carbonyl (C=O) groups is 2. The Hall–Kier alpha value is -3.43. The molecule has 0 aliphatic carbocycles. The lowest BCUT2D eigenvalue weighted by atomic mass is 10.2. The van der Waals surface area contributed by atoms with E-state index in [0.29, 0.717) is 22.1 Å². The lowest BCUT2D eigenvalue weighted by molar-refractivity contribution is -0.115. The molecule has 166 valence electrons. The molecular formula is C23H25N5O3S. The molecule has 2 amide bonds. The number of anilines is 2. The number of nitrogens with zero attached hydrogens (tertiary/aromatic N) is 3. The summed E-state index contributed by atoms with van der Waals surface area (Å²) in [5, 5.41) is 8.96. The Kier molecular flexibility index (Phi) is 6.38. The summed E-state index contributed by atoms with van der Waals surface area (Å²) in [4.78, 5) is 31.3. The zero-order valence-corrected chi connectivity index (χ0v) is 19.0. The van der Waals surface area contributed by atoms with Gasteiger partial charge in [0.15, 0.2) is 5.13 Å².